The van der Waals surface area contributed by atoms with Crippen molar-refractivity contribution in [3.8, 4) is 11.5 Å². The zero-order chi connectivity index (χ0) is 21.8. The van der Waals surface area contributed by atoms with E-state index < -0.39 is 0 Å². The van der Waals surface area contributed by atoms with Crippen LogP contribution in [0.4, 0.5) is 5.82 Å². The number of hydrogen-bond donors (Lipinski definition) is 1. The van der Waals surface area contributed by atoms with Crippen molar-refractivity contribution >= 4 is 23.5 Å². The Bertz CT molecular complexity index is 1070. The minimum atomic E-state index is 0.0149. The predicted molar refractivity (Wildman–Crippen MR) is 122 cm³/mol. The van der Waals surface area contributed by atoms with Crippen LogP contribution in [-0.2, 0) is 11.3 Å². The van der Waals surface area contributed by atoms with Gasteiger partial charge in [-0.1, -0.05) is 36.0 Å². The molecule has 3 heterocycles. The van der Waals surface area contributed by atoms with Crippen LogP contribution in [0.3, 0.4) is 0 Å². The molecule has 2 aromatic carbocycles. The number of ether oxygens (including phenoxy) is 2. The Morgan fingerprint density at radius 2 is 1.81 bits per heavy atom. The minimum absolute atomic E-state index is 0.0149. The topological polar surface area (TPSA) is 76.6 Å². The molecule has 1 saturated heterocycles. The molecule has 1 aromatic heterocycles. The predicted octanol–water partition coefficient (Wildman–Crippen LogP) is 3.89. The Balaban J connectivity index is 1.10. The summed E-state index contributed by atoms with van der Waals surface area (Å²) in [5, 5.41) is 12.7. The molecule has 0 atom stereocenters. The Hall–Kier alpha value is -3.26. The summed E-state index contributed by atoms with van der Waals surface area (Å²) in [6.45, 7) is 2.33. The van der Waals surface area contributed by atoms with E-state index in [1.807, 2.05) is 48.5 Å². The summed E-state index contributed by atoms with van der Waals surface area (Å²) in [5.41, 5.74) is 1.00. The highest BCUT2D eigenvalue weighted by Crippen LogP contribution is 2.32. The second-order valence-electron chi connectivity index (χ2n) is 7.81. The van der Waals surface area contributed by atoms with Gasteiger partial charge in [-0.2, -0.15) is 0 Å². The Morgan fingerprint density at radius 3 is 2.59 bits per heavy atom. The lowest BCUT2D eigenvalue weighted by atomic mass is 9.96. The third kappa shape index (κ3) is 4.80. The number of nitrogens with one attached hydrogen (secondary N) is 1. The first-order valence-electron chi connectivity index (χ1n) is 10.7. The van der Waals surface area contributed by atoms with Gasteiger partial charge in [0.15, 0.2) is 17.3 Å². The zero-order valence-corrected chi connectivity index (χ0v) is 18.4. The number of piperidine rings is 1. The van der Waals surface area contributed by atoms with Crippen molar-refractivity contribution < 1.29 is 14.3 Å². The zero-order valence-electron chi connectivity index (χ0n) is 17.6. The first kappa shape index (κ1) is 20.6. The molecule has 0 spiro atoms. The molecular formula is C24H24N4O3S. The smallest absolute Gasteiger partial charge is 0.231 e. The monoisotopic (exact) mass is 448 g/mol. The lowest BCUT2D eigenvalue weighted by molar-refractivity contribution is -0.125. The average Bonchev–Trinajstić information content (AvgIpc) is 3.32. The molecule has 0 bridgehead atoms. The van der Waals surface area contributed by atoms with Crippen molar-refractivity contribution in [3.05, 3.63) is 66.2 Å². The molecule has 2 aliphatic heterocycles. The number of fused-ring (bicyclic) bond motifs is 1. The number of nitrogens with zero attached hydrogens (tertiary/aromatic N) is 3. The van der Waals surface area contributed by atoms with Gasteiger partial charge in [0.2, 0.25) is 12.7 Å². The van der Waals surface area contributed by atoms with Crippen LogP contribution in [-0.4, -0.2) is 36.0 Å². The number of aromatic nitrogens is 2. The molecule has 2 aliphatic rings. The van der Waals surface area contributed by atoms with Crippen LogP contribution in [0.15, 0.2) is 70.6 Å². The van der Waals surface area contributed by atoms with Gasteiger partial charge in [-0.25, -0.2) is 0 Å². The molecule has 0 saturated carbocycles. The summed E-state index contributed by atoms with van der Waals surface area (Å²) in [6.07, 6.45) is 1.60. The van der Waals surface area contributed by atoms with Crippen LogP contribution >= 0.6 is 11.8 Å². The molecule has 0 aliphatic carbocycles. The highest BCUT2D eigenvalue weighted by atomic mass is 32.2. The van der Waals surface area contributed by atoms with E-state index in [0.29, 0.717) is 6.54 Å². The van der Waals surface area contributed by atoms with E-state index in [0.717, 1.165) is 58.7 Å². The van der Waals surface area contributed by atoms with Crippen molar-refractivity contribution in [1.82, 2.24) is 15.5 Å². The maximum Gasteiger partial charge on any atom is 0.231 e. The van der Waals surface area contributed by atoms with Crippen LogP contribution in [0.1, 0.15) is 18.4 Å². The van der Waals surface area contributed by atoms with E-state index in [1.165, 1.54) is 0 Å². The van der Waals surface area contributed by atoms with Crippen LogP contribution in [0.25, 0.3) is 0 Å². The van der Waals surface area contributed by atoms with E-state index in [1.54, 1.807) is 11.8 Å². The number of amides is 1. The lowest BCUT2D eigenvalue weighted by Crippen LogP contribution is -2.40. The summed E-state index contributed by atoms with van der Waals surface area (Å²) >= 11 is 1.60. The van der Waals surface area contributed by atoms with E-state index in [9.17, 15) is 4.79 Å². The van der Waals surface area contributed by atoms with Crippen molar-refractivity contribution in [1.29, 1.82) is 0 Å². The molecule has 1 N–H and O–H groups in total. The van der Waals surface area contributed by atoms with Crippen LogP contribution in [0, 0.1) is 5.92 Å². The van der Waals surface area contributed by atoms with Gasteiger partial charge < -0.3 is 19.7 Å². The molecule has 164 valence electrons. The molecule has 8 heteroatoms. The van der Waals surface area contributed by atoms with E-state index in [-0.39, 0.29) is 18.6 Å². The van der Waals surface area contributed by atoms with Gasteiger partial charge in [0, 0.05) is 30.4 Å². The highest BCUT2D eigenvalue weighted by molar-refractivity contribution is 7.99. The van der Waals surface area contributed by atoms with Gasteiger partial charge in [0.25, 0.3) is 0 Å². The van der Waals surface area contributed by atoms with Crippen molar-refractivity contribution in [2.75, 3.05) is 24.8 Å². The number of carbonyl (C=O) groups is 1. The quantitative estimate of drug-likeness (QED) is 0.613. The summed E-state index contributed by atoms with van der Waals surface area (Å²) < 4.78 is 10.7. The van der Waals surface area contributed by atoms with E-state index in [2.05, 4.69) is 32.5 Å². The first-order chi connectivity index (χ1) is 15.7. The normalized spacial score (nSPS) is 15.6. The van der Waals surface area contributed by atoms with Crippen LogP contribution in [0.2, 0.25) is 0 Å². The molecule has 1 fully saturated rings. The van der Waals surface area contributed by atoms with Crippen LogP contribution < -0.4 is 19.7 Å². The first-order valence-corrected chi connectivity index (χ1v) is 11.5. The molecular weight excluding hydrogens is 424 g/mol. The van der Waals surface area contributed by atoms with Gasteiger partial charge >= 0.3 is 0 Å². The van der Waals surface area contributed by atoms with E-state index >= 15 is 0 Å². The highest BCUT2D eigenvalue weighted by Gasteiger charge is 2.26. The summed E-state index contributed by atoms with van der Waals surface area (Å²) in [4.78, 5) is 16.0. The fourth-order valence-corrected chi connectivity index (χ4v) is 4.65. The fourth-order valence-electron chi connectivity index (χ4n) is 3.90. The van der Waals surface area contributed by atoms with E-state index in [4.69, 9.17) is 9.47 Å². The van der Waals surface area contributed by atoms with Gasteiger partial charge in [-0.15, -0.1) is 10.2 Å². The number of anilines is 1. The summed E-state index contributed by atoms with van der Waals surface area (Å²) in [5.74, 6) is 2.47. The maximum atomic E-state index is 12.7. The molecule has 5 rings (SSSR count). The molecule has 3 aromatic rings. The number of rotatable bonds is 6. The Morgan fingerprint density at radius 1 is 1.00 bits per heavy atom. The number of hydrogen-bond acceptors (Lipinski definition) is 7. The SMILES string of the molecule is O=C(NCc1ccc2c(c1)OCO2)C1CCN(c2ccc(Sc3ccccc3)nn2)CC1. The molecule has 32 heavy (non-hydrogen) atoms. The third-order valence-electron chi connectivity index (χ3n) is 5.69. The summed E-state index contributed by atoms with van der Waals surface area (Å²) in [6, 6.07) is 19.9. The third-order valence-corrected chi connectivity index (χ3v) is 6.62. The Kier molecular flexibility index (Phi) is 6.11. The molecule has 0 unspecified atom stereocenters. The Labute approximate surface area is 191 Å². The van der Waals surface area contributed by atoms with Gasteiger partial charge in [-0.3, -0.25) is 4.79 Å². The second-order valence-corrected chi connectivity index (χ2v) is 8.91. The second kappa shape index (κ2) is 9.48. The lowest BCUT2D eigenvalue weighted by Gasteiger charge is -2.31. The van der Waals surface area contributed by atoms with Gasteiger partial charge in [-0.05, 0) is 54.8 Å². The molecule has 1 amide bonds. The van der Waals surface area contributed by atoms with Gasteiger partial charge in [0.05, 0.1) is 0 Å². The summed E-state index contributed by atoms with van der Waals surface area (Å²) in [7, 11) is 0. The number of carbonyl (C=O) groups excluding carboxylic acids is 1. The fraction of sp³-hybridized carbons (Fsp3) is 0.292. The standard InChI is InChI=1S/C24H24N4O3S/c29-24(25-15-17-6-7-20-21(14-17)31-16-30-20)18-10-12-28(13-11-18)22-8-9-23(27-26-22)32-19-4-2-1-3-5-19/h1-9,14,18H,10-13,15-16H2,(H,25,29). The average molecular weight is 449 g/mol. The van der Waals surface area contributed by atoms with Crippen molar-refractivity contribution in [2.45, 2.75) is 29.3 Å². The van der Waals surface area contributed by atoms with Crippen molar-refractivity contribution in [2.24, 2.45) is 5.92 Å². The molecule has 0 radical (unpaired) electrons. The van der Waals surface area contributed by atoms with Crippen LogP contribution in [0.5, 0.6) is 11.5 Å². The van der Waals surface area contributed by atoms with Gasteiger partial charge in [0.1, 0.15) is 5.03 Å². The minimum Gasteiger partial charge on any atom is -0.454 e. The number of benzene rings is 2. The largest absolute Gasteiger partial charge is 0.454 e. The molecule has 7 nitrogen and oxygen atoms in total. The van der Waals surface area contributed by atoms with Crippen molar-refractivity contribution in [3.63, 3.8) is 0 Å². The maximum absolute atomic E-state index is 12.7.